The molecule has 2 atom stereocenters. The molecule has 3 rings (SSSR count). The van der Waals surface area contributed by atoms with E-state index in [2.05, 4.69) is 20.1 Å². The highest BCUT2D eigenvalue weighted by Gasteiger charge is 2.28. The molecule has 1 saturated carbocycles. The number of likely N-dealkylation sites (tertiary alicyclic amines) is 1. The largest absolute Gasteiger partial charge is 0.391 e. The number of nitrogens with one attached hydrogen (secondary N) is 1. The molecular formula is C19H37IN4O2. The topological polar surface area (TPSA) is 60.3 Å². The van der Waals surface area contributed by atoms with Gasteiger partial charge in [0.05, 0.1) is 19.3 Å². The predicted octanol–water partition coefficient (Wildman–Crippen LogP) is 1.78. The van der Waals surface area contributed by atoms with Crippen LogP contribution in [-0.4, -0.2) is 86.5 Å². The van der Waals surface area contributed by atoms with E-state index in [1.807, 2.05) is 7.05 Å². The van der Waals surface area contributed by atoms with Crippen molar-refractivity contribution in [2.45, 2.75) is 44.6 Å². The van der Waals surface area contributed by atoms with Crippen LogP contribution in [0.4, 0.5) is 0 Å². The molecule has 2 unspecified atom stereocenters. The van der Waals surface area contributed by atoms with Crippen molar-refractivity contribution in [2.75, 3.05) is 59.5 Å². The molecule has 3 aliphatic rings. The third kappa shape index (κ3) is 6.49. The molecule has 2 saturated heterocycles. The van der Waals surface area contributed by atoms with Crippen LogP contribution in [0.2, 0.25) is 0 Å². The Bertz CT molecular complexity index is 426. The lowest BCUT2D eigenvalue weighted by Crippen LogP contribution is -2.45. The van der Waals surface area contributed by atoms with Gasteiger partial charge in [0.2, 0.25) is 0 Å². The van der Waals surface area contributed by atoms with Crippen LogP contribution >= 0.6 is 24.0 Å². The van der Waals surface area contributed by atoms with Crippen LogP contribution in [0.15, 0.2) is 4.99 Å². The molecule has 1 aliphatic carbocycles. The summed E-state index contributed by atoms with van der Waals surface area (Å²) in [6.45, 7) is 7.81. The number of ether oxygens (including phenoxy) is 1. The number of rotatable bonds is 5. The summed E-state index contributed by atoms with van der Waals surface area (Å²) in [6.07, 6.45) is 7.20. The van der Waals surface area contributed by atoms with E-state index in [-0.39, 0.29) is 30.1 Å². The fourth-order valence-electron chi connectivity index (χ4n) is 4.54. The molecule has 0 bridgehead atoms. The molecule has 2 aliphatic heterocycles. The van der Waals surface area contributed by atoms with E-state index < -0.39 is 0 Å². The van der Waals surface area contributed by atoms with Gasteiger partial charge in [-0.15, -0.1) is 24.0 Å². The minimum absolute atomic E-state index is 0. The molecule has 0 aromatic heterocycles. The van der Waals surface area contributed by atoms with Gasteiger partial charge in [-0.2, -0.15) is 0 Å². The summed E-state index contributed by atoms with van der Waals surface area (Å²) in [6, 6.07) is 0. The molecule has 0 radical (unpaired) electrons. The second kappa shape index (κ2) is 11.7. The zero-order valence-electron chi connectivity index (χ0n) is 16.2. The van der Waals surface area contributed by atoms with Gasteiger partial charge >= 0.3 is 0 Å². The van der Waals surface area contributed by atoms with E-state index >= 15 is 0 Å². The second-order valence-corrected chi connectivity index (χ2v) is 7.91. The van der Waals surface area contributed by atoms with E-state index in [1.165, 1.54) is 45.1 Å². The summed E-state index contributed by atoms with van der Waals surface area (Å²) in [5, 5.41) is 13.9. The van der Waals surface area contributed by atoms with Gasteiger partial charge in [0, 0.05) is 46.3 Å². The fraction of sp³-hybridized carbons (Fsp3) is 0.947. The van der Waals surface area contributed by atoms with Crippen LogP contribution < -0.4 is 5.32 Å². The summed E-state index contributed by atoms with van der Waals surface area (Å²) in [7, 11) is 1.85. The summed E-state index contributed by atoms with van der Waals surface area (Å²) in [5.74, 6) is 2.13. The molecule has 0 aromatic rings. The van der Waals surface area contributed by atoms with E-state index in [9.17, 15) is 5.11 Å². The van der Waals surface area contributed by atoms with E-state index in [4.69, 9.17) is 4.74 Å². The Morgan fingerprint density at radius 2 is 1.88 bits per heavy atom. The van der Waals surface area contributed by atoms with Gasteiger partial charge in [-0.25, -0.2) is 0 Å². The minimum atomic E-state index is -0.246. The highest BCUT2D eigenvalue weighted by Crippen LogP contribution is 2.26. The fourth-order valence-corrected chi connectivity index (χ4v) is 4.54. The number of aliphatic hydroxyl groups excluding tert-OH is 1. The Balaban J connectivity index is 0.00000243. The number of guanidine groups is 1. The molecule has 0 amide bonds. The summed E-state index contributed by atoms with van der Waals surface area (Å²) in [4.78, 5) is 9.34. The van der Waals surface area contributed by atoms with Crippen molar-refractivity contribution in [3.63, 3.8) is 0 Å². The number of halogens is 1. The predicted molar refractivity (Wildman–Crippen MR) is 116 cm³/mol. The average Bonchev–Trinajstić information content (AvgIpc) is 3.12. The van der Waals surface area contributed by atoms with Gasteiger partial charge < -0.3 is 20.1 Å². The number of nitrogens with zero attached hydrogens (tertiary/aromatic N) is 3. The first kappa shape index (κ1) is 22.2. The zero-order valence-corrected chi connectivity index (χ0v) is 18.6. The lowest BCUT2D eigenvalue weighted by molar-refractivity contribution is 0.0315. The van der Waals surface area contributed by atoms with Crippen molar-refractivity contribution >= 4 is 29.9 Å². The normalized spacial score (nSPS) is 27.2. The Morgan fingerprint density at radius 1 is 1.15 bits per heavy atom. The summed E-state index contributed by atoms with van der Waals surface area (Å²) in [5.41, 5.74) is 0. The molecular weight excluding hydrogens is 443 g/mol. The highest BCUT2D eigenvalue weighted by molar-refractivity contribution is 14.0. The molecule has 2 heterocycles. The number of morpholine rings is 1. The van der Waals surface area contributed by atoms with Crippen LogP contribution in [0.1, 0.15) is 38.5 Å². The Morgan fingerprint density at radius 3 is 2.58 bits per heavy atom. The van der Waals surface area contributed by atoms with Crippen molar-refractivity contribution in [2.24, 2.45) is 16.8 Å². The molecule has 7 heteroatoms. The van der Waals surface area contributed by atoms with Crippen LogP contribution in [0.25, 0.3) is 0 Å². The first-order chi connectivity index (χ1) is 12.3. The Kier molecular flexibility index (Phi) is 9.94. The van der Waals surface area contributed by atoms with Crippen molar-refractivity contribution in [3.05, 3.63) is 0 Å². The minimum Gasteiger partial charge on any atom is -0.391 e. The third-order valence-electron chi connectivity index (χ3n) is 6.08. The van der Waals surface area contributed by atoms with Crippen molar-refractivity contribution in [1.29, 1.82) is 0 Å². The molecule has 0 aromatic carbocycles. The quantitative estimate of drug-likeness (QED) is 0.357. The first-order valence-electron chi connectivity index (χ1n) is 10.2. The van der Waals surface area contributed by atoms with Gasteiger partial charge in [0.25, 0.3) is 0 Å². The van der Waals surface area contributed by atoms with E-state index in [0.29, 0.717) is 18.4 Å². The maximum atomic E-state index is 10.5. The summed E-state index contributed by atoms with van der Waals surface area (Å²) < 4.78 is 5.44. The number of hydrogen-bond donors (Lipinski definition) is 2. The average molecular weight is 480 g/mol. The molecule has 0 spiro atoms. The van der Waals surface area contributed by atoms with Crippen LogP contribution in [0, 0.1) is 11.8 Å². The smallest absolute Gasteiger partial charge is 0.193 e. The molecule has 2 N–H and O–H groups in total. The summed E-state index contributed by atoms with van der Waals surface area (Å²) >= 11 is 0. The van der Waals surface area contributed by atoms with E-state index in [0.717, 1.165) is 45.4 Å². The lowest BCUT2D eigenvalue weighted by atomic mass is 9.85. The van der Waals surface area contributed by atoms with Gasteiger partial charge in [-0.1, -0.05) is 19.3 Å². The highest BCUT2D eigenvalue weighted by atomic mass is 127. The molecule has 3 fully saturated rings. The van der Waals surface area contributed by atoms with Gasteiger partial charge in [-0.05, 0) is 31.1 Å². The van der Waals surface area contributed by atoms with Gasteiger partial charge in [-0.3, -0.25) is 9.89 Å². The van der Waals surface area contributed by atoms with Gasteiger partial charge in [0.15, 0.2) is 5.96 Å². The van der Waals surface area contributed by atoms with Crippen LogP contribution in [0.5, 0.6) is 0 Å². The monoisotopic (exact) mass is 480 g/mol. The standard InChI is InChI=1S/C19H36N4O2.HI/c1-20-19(21-13-18(24)17-5-3-2-4-6-17)23-8-7-16(15-23)14-22-9-11-25-12-10-22;/h16-18,24H,2-15H2,1H3,(H,20,21);1H. The Labute approximate surface area is 175 Å². The number of aliphatic hydroxyl groups is 1. The van der Waals surface area contributed by atoms with E-state index in [1.54, 1.807) is 0 Å². The second-order valence-electron chi connectivity index (χ2n) is 7.91. The number of aliphatic imine (C=N–C) groups is 1. The van der Waals surface area contributed by atoms with Crippen molar-refractivity contribution < 1.29 is 9.84 Å². The maximum absolute atomic E-state index is 10.5. The maximum Gasteiger partial charge on any atom is 0.193 e. The third-order valence-corrected chi connectivity index (χ3v) is 6.08. The lowest BCUT2D eigenvalue weighted by Gasteiger charge is -2.30. The molecule has 26 heavy (non-hydrogen) atoms. The van der Waals surface area contributed by atoms with Gasteiger partial charge in [0.1, 0.15) is 0 Å². The van der Waals surface area contributed by atoms with Crippen molar-refractivity contribution in [3.8, 4) is 0 Å². The zero-order chi connectivity index (χ0) is 17.5. The van der Waals surface area contributed by atoms with Crippen molar-refractivity contribution in [1.82, 2.24) is 15.1 Å². The first-order valence-corrected chi connectivity index (χ1v) is 10.2. The number of hydrogen-bond acceptors (Lipinski definition) is 4. The molecule has 6 nitrogen and oxygen atoms in total. The molecule has 152 valence electrons. The van der Waals surface area contributed by atoms with Crippen LogP contribution in [-0.2, 0) is 4.74 Å². The SMILES string of the molecule is CN=C(NCC(O)C1CCCCC1)N1CCC(CN2CCOCC2)C1.I. The Hall–Kier alpha value is -0.120. The van der Waals surface area contributed by atoms with Crippen LogP contribution in [0.3, 0.4) is 0 Å².